The van der Waals surface area contributed by atoms with Gasteiger partial charge in [-0.25, -0.2) is 4.79 Å². The topological polar surface area (TPSA) is 57.6 Å². The van der Waals surface area contributed by atoms with Crippen LogP contribution in [0.3, 0.4) is 0 Å². The van der Waals surface area contributed by atoms with Crippen molar-refractivity contribution in [2.75, 3.05) is 13.1 Å². The number of hydrogen-bond acceptors (Lipinski definition) is 2. The van der Waals surface area contributed by atoms with E-state index in [4.69, 9.17) is 5.11 Å². The summed E-state index contributed by atoms with van der Waals surface area (Å²) in [6.45, 7) is 1.47. The molecule has 1 amide bonds. The molecule has 1 aliphatic rings. The molecule has 0 atom stereocenters. The van der Waals surface area contributed by atoms with Crippen LogP contribution >= 0.6 is 0 Å². The van der Waals surface area contributed by atoms with E-state index in [1.807, 2.05) is 47.4 Å². The molecule has 4 heteroatoms. The molecule has 2 aromatic rings. The Balaban J connectivity index is 1.62. The van der Waals surface area contributed by atoms with Crippen LogP contribution in [-0.4, -0.2) is 35.0 Å². The average Bonchev–Trinajstić information content (AvgIpc) is 2.62. The zero-order valence-electron chi connectivity index (χ0n) is 12.8. The number of benzene rings is 2. The number of piperidine rings is 1. The van der Waals surface area contributed by atoms with E-state index in [0.717, 1.165) is 37.1 Å². The molecule has 1 fully saturated rings. The second kappa shape index (κ2) is 6.65. The Kier molecular flexibility index (Phi) is 4.42. The molecule has 3 rings (SSSR count). The Morgan fingerprint density at radius 3 is 2.04 bits per heavy atom. The molecule has 118 valence electrons. The molecule has 0 aromatic heterocycles. The third kappa shape index (κ3) is 3.42. The fraction of sp³-hybridized carbons (Fsp3) is 0.263. The number of hydrogen-bond donors (Lipinski definition) is 1. The number of carbonyl (C=O) groups is 2. The quantitative estimate of drug-likeness (QED) is 0.945. The Bertz CT molecular complexity index is 686. The maximum atomic E-state index is 12.4. The number of carboxylic acids is 1. The van der Waals surface area contributed by atoms with Crippen LogP contribution in [-0.2, 0) is 0 Å². The van der Waals surface area contributed by atoms with E-state index in [9.17, 15) is 9.59 Å². The summed E-state index contributed by atoms with van der Waals surface area (Å²) in [4.78, 5) is 25.2. The summed E-state index contributed by atoms with van der Waals surface area (Å²) >= 11 is 0. The predicted molar refractivity (Wildman–Crippen MR) is 87.7 cm³/mol. The maximum absolute atomic E-state index is 12.4. The van der Waals surface area contributed by atoms with Gasteiger partial charge in [0.1, 0.15) is 0 Å². The monoisotopic (exact) mass is 309 g/mol. The van der Waals surface area contributed by atoms with E-state index in [0.29, 0.717) is 11.5 Å². The van der Waals surface area contributed by atoms with Gasteiger partial charge in [0, 0.05) is 18.7 Å². The van der Waals surface area contributed by atoms with Crippen LogP contribution in [0.2, 0.25) is 0 Å². The van der Waals surface area contributed by atoms with Crippen LogP contribution in [0.5, 0.6) is 0 Å². The van der Waals surface area contributed by atoms with E-state index in [-0.39, 0.29) is 5.91 Å². The van der Waals surface area contributed by atoms with E-state index in [1.54, 1.807) is 12.1 Å². The zero-order valence-corrected chi connectivity index (χ0v) is 12.8. The van der Waals surface area contributed by atoms with Gasteiger partial charge in [-0.05, 0) is 48.6 Å². The second-order valence-corrected chi connectivity index (χ2v) is 5.86. The van der Waals surface area contributed by atoms with Crippen molar-refractivity contribution in [2.24, 2.45) is 0 Å². The van der Waals surface area contributed by atoms with Crippen molar-refractivity contribution < 1.29 is 14.7 Å². The molecule has 1 aliphatic heterocycles. The first-order valence-corrected chi connectivity index (χ1v) is 7.83. The molecule has 1 saturated heterocycles. The van der Waals surface area contributed by atoms with Gasteiger partial charge in [0.05, 0.1) is 5.56 Å². The SMILES string of the molecule is O=C(O)c1ccc(C2CCN(C(=O)c3ccccc3)CC2)cc1. The first kappa shape index (κ1) is 15.3. The standard InChI is InChI=1S/C19H19NO3/c21-18(16-4-2-1-3-5-16)20-12-10-15(11-13-20)14-6-8-17(9-7-14)19(22)23/h1-9,15H,10-13H2,(H,22,23). The van der Waals surface area contributed by atoms with Crippen LogP contribution < -0.4 is 0 Å². The lowest BCUT2D eigenvalue weighted by Crippen LogP contribution is -2.37. The molecule has 0 unspecified atom stereocenters. The van der Waals surface area contributed by atoms with Crippen LogP contribution in [0.25, 0.3) is 0 Å². The Morgan fingerprint density at radius 1 is 0.870 bits per heavy atom. The molecular formula is C19H19NO3. The van der Waals surface area contributed by atoms with Gasteiger partial charge in [-0.2, -0.15) is 0 Å². The van der Waals surface area contributed by atoms with Gasteiger partial charge in [0.25, 0.3) is 5.91 Å². The van der Waals surface area contributed by atoms with Gasteiger partial charge >= 0.3 is 5.97 Å². The normalized spacial score (nSPS) is 15.4. The highest BCUT2D eigenvalue weighted by Gasteiger charge is 2.24. The number of amides is 1. The summed E-state index contributed by atoms with van der Waals surface area (Å²) in [7, 11) is 0. The molecule has 0 spiro atoms. The molecule has 0 radical (unpaired) electrons. The summed E-state index contributed by atoms with van der Waals surface area (Å²) in [6.07, 6.45) is 1.82. The Hall–Kier alpha value is -2.62. The van der Waals surface area contributed by atoms with Crippen LogP contribution in [0.4, 0.5) is 0 Å². The number of carboxylic acid groups (broad SMARTS) is 1. The number of aromatic carboxylic acids is 1. The molecule has 0 aliphatic carbocycles. The third-order valence-electron chi connectivity index (χ3n) is 4.43. The van der Waals surface area contributed by atoms with E-state index in [1.165, 1.54) is 0 Å². The smallest absolute Gasteiger partial charge is 0.335 e. The van der Waals surface area contributed by atoms with Crippen molar-refractivity contribution in [1.29, 1.82) is 0 Å². The van der Waals surface area contributed by atoms with E-state index in [2.05, 4.69) is 0 Å². The largest absolute Gasteiger partial charge is 0.478 e. The minimum Gasteiger partial charge on any atom is -0.478 e. The summed E-state index contributed by atoms with van der Waals surface area (Å²) in [5.74, 6) is -0.428. The van der Waals surface area contributed by atoms with Crippen molar-refractivity contribution in [3.8, 4) is 0 Å². The third-order valence-corrected chi connectivity index (χ3v) is 4.43. The zero-order chi connectivity index (χ0) is 16.2. The number of rotatable bonds is 3. The van der Waals surface area contributed by atoms with Gasteiger partial charge in [0.15, 0.2) is 0 Å². The summed E-state index contributed by atoms with van der Waals surface area (Å²) < 4.78 is 0. The minimum absolute atomic E-state index is 0.0882. The highest BCUT2D eigenvalue weighted by molar-refractivity contribution is 5.94. The van der Waals surface area contributed by atoms with Crippen molar-refractivity contribution in [2.45, 2.75) is 18.8 Å². The van der Waals surface area contributed by atoms with Crippen molar-refractivity contribution in [3.63, 3.8) is 0 Å². The van der Waals surface area contributed by atoms with Crippen LogP contribution in [0.1, 0.15) is 45.0 Å². The van der Waals surface area contributed by atoms with Gasteiger partial charge < -0.3 is 10.0 Å². The summed E-state index contributed by atoms with van der Waals surface area (Å²) in [5, 5.41) is 8.95. The number of likely N-dealkylation sites (tertiary alicyclic amines) is 1. The molecule has 4 nitrogen and oxygen atoms in total. The minimum atomic E-state index is -0.903. The summed E-state index contributed by atoms with van der Waals surface area (Å²) in [6, 6.07) is 16.4. The first-order chi connectivity index (χ1) is 11.1. The second-order valence-electron chi connectivity index (χ2n) is 5.86. The lowest BCUT2D eigenvalue weighted by molar-refractivity contribution is 0.0691. The molecule has 0 saturated carbocycles. The average molecular weight is 309 g/mol. The van der Waals surface area contributed by atoms with Gasteiger partial charge in [-0.3, -0.25) is 4.79 Å². The molecular weight excluding hydrogens is 290 g/mol. The lowest BCUT2D eigenvalue weighted by Gasteiger charge is -2.32. The first-order valence-electron chi connectivity index (χ1n) is 7.83. The van der Waals surface area contributed by atoms with Crippen molar-refractivity contribution in [1.82, 2.24) is 4.90 Å². The van der Waals surface area contributed by atoms with Gasteiger partial charge in [-0.1, -0.05) is 30.3 Å². The highest BCUT2D eigenvalue weighted by Crippen LogP contribution is 2.28. The Labute approximate surface area is 135 Å². The summed E-state index contributed by atoms with van der Waals surface area (Å²) in [5.41, 5.74) is 2.20. The highest BCUT2D eigenvalue weighted by atomic mass is 16.4. The number of carbonyl (C=O) groups excluding carboxylic acids is 1. The van der Waals surface area contributed by atoms with Crippen LogP contribution in [0.15, 0.2) is 54.6 Å². The van der Waals surface area contributed by atoms with E-state index >= 15 is 0 Å². The fourth-order valence-electron chi connectivity index (χ4n) is 3.08. The lowest BCUT2D eigenvalue weighted by atomic mass is 9.89. The predicted octanol–water partition coefficient (Wildman–Crippen LogP) is 3.40. The number of nitrogens with zero attached hydrogens (tertiary/aromatic N) is 1. The van der Waals surface area contributed by atoms with E-state index < -0.39 is 5.97 Å². The van der Waals surface area contributed by atoms with Crippen molar-refractivity contribution >= 4 is 11.9 Å². The molecule has 2 aromatic carbocycles. The van der Waals surface area contributed by atoms with Gasteiger partial charge in [-0.15, -0.1) is 0 Å². The fourth-order valence-corrected chi connectivity index (χ4v) is 3.08. The van der Waals surface area contributed by atoms with Crippen molar-refractivity contribution in [3.05, 3.63) is 71.3 Å². The molecule has 0 bridgehead atoms. The maximum Gasteiger partial charge on any atom is 0.335 e. The molecule has 23 heavy (non-hydrogen) atoms. The van der Waals surface area contributed by atoms with Crippen LogP contribution in [0, 0.1) is 0 Å². The molecule has 1 N–H and O–H groups in total. The van der Waals surface area contributed by atoms with Gasteiger partial charge in [0.2, 0.25) is 0 Å². The Morgan fingerprint density at radius 2 is 1.48 bits per heavy atom. The molecule has 1 heterocycles.